The lowest BCUT2D eigenvalue weighted by atomic mass is 9.72. The van der Waals surface area contributed by atoms with Gasteiger partial charge in [0.25, 0.3) is 0 Å². The Hall–Kier alpha value is -0.0800. The van der Waals surface area contributed by atoms with Gasteiger partial charge in [-0.1, -0.05) is 20.3 Å². The molecule has 17 heavy (non-hydrogen) atoms. The first-order chi connectivity index (χ1) is 7.93. The molecule has 0 bridgehead atoms. The van der Waals surface area contributed by atoms with Crippen molar-refractivity contribution in [3.8, 4) is 0 Å². The third kappa shape index (κ3) is 1.84. The van der Waals surface area contributed by atoms with Gasteiger partial charge in [-0.05, 0) is 56.3 Å². The van der Waals surface area contributed by atoms with E-state index in [1.54, 1.807) is 0 Å². The predicted octanol–water partition coefficient (Wildman–Crippen LogP) is 3.13. The van der Waals surface area contributed by atoms with Crippen molar-refractivity contribution in [3.05, 3.63) is 0 Å². The van der Waals surface area contributed by atoms with Gasteiger partial charge >= 0.3 is 0 Å². The number of epoxide rings is 1. The molecule has 0 aromatic heterocycles. The maximum Gasteiger partial charge on any atom is 0.0951 e. The Morgan fingerprint density at radius 2 is 1.82 bits per heavy atom. The Labute approximate surface area is 105 Å². The fraction of sp³-hybridized carbons (Fsp3) is 1.00. The summed E-state index contributed by atoms with van der Waals surface area (Å²) >= 11 is 0. The third-order valence-electron chi connectivity index (χ3n) is 5.77. The molecular weight excluding hydrogens is 212 g/mol. The van der Waals surface area contributed by atoms with Crippen molar-refractivity contribution in [2.75, 3.05) is 0 Å². The lowest BCUT2D eigenvalue weighted by molar-refractivity contribution is 0.0272. The molecule has 0 aromatic carbocycles. The fourth-order valence-electron chi connectivity index (χ4n) is 4.49. The van der Waals surface area contributed by atoms with Gasteiger partial charge in [0.15, 0.2) is 0 Å². The van der Waals surface area contributed by atoms with Crippen LogP contribution in [0.1, 0.15) is 59.3 Å². The van der Waals surface area contributed by atoms with Gasteiger partial charge in [0.1, 0.15) is 0 Å². The standard InChI is InChI=1S/C15H26O2/c1-14(2)9-10(5-4-6-12(14)16)11-7-8-13-15(11,3)17-13/h10-13,16H,4-9H2,1-3H3. The maximum atomic E-state index is 10.2. The highest BCUT2D eigenvalue weighted by molar-refractivity contribution is 5.11. The highest BCUT2D eigenvalue weighted by Gasteiger charge is 2.63. The van der Waals surface area contributed by atoms with Crippen molar-refractivity contribution in [2.24, 2.45) is 17.3 Å². The first-order valence-electron chi connectivity index (χ1n) is 7.29. The second-order valence-corrected chi connectivity index (χ2v) is 7.37. The first kappa shape index (κ1) is 12.0. The summed E-state index contributed by atoms with van der Waals surface area (Å²) in [6.07, 6.45) is 7.69. The predicted molar refractivity (Wildman–Crippen MR) is 67.7 cm³/mol. The van der Waals surface area contributed by atoms with E-state index in [1.165, 1.54) is 32.1 Å². The van der Waals surface area contributed by atoms with Gasteiger partial charge in [-0.15, -0.1) is 0 Å². The average Bonchev–Trinajstić information content (AvgIpc) is 2.82. The monoisotopic (exact) mass is 238 g/mol. The number of rotatable bonds is 1. The zero-order valence-corrected chi connectivity index (χ0v) is 11.4. The van der Waals surface area contributed by atoms with E-state index >= 15 is 0 Å². The summed E-state index contributed by atoms with van der Waals surface area (Å²) in [7, 11) is 0. The maximum absolute atomic E-state index is 10.2. The summed E-state index contributed by atoms with van der Waals surface area (Å²) in [6, 6.07) is 0. The molecule has 3 fully saturated rings. The number of hydrogen-bond donors (Lipinski definition) is 1. The van der Waals surface area contributed by atoms with E-state index in [0.29, 0.717) is 6.10 Å². The molecule has 1 N–H and O–H groups in total. The van der Waals surface area contributed by atoms with E-state index < -0.39 is 0 Å². The molecule has 5 unspecified atom stereocenters. The van der Waals surface area contributed by atoms with Crippen LogP contribution in [-0.2, 0) is 4.74 Å². The van der Waals surface area contributed by atoms with Crippen molar-refractivity contribution in [1.82, 2.24) is 0 Å². The van der Waals surface area contributed by atoms with Crippen molar-refractivity contribution in [2.45, 2.75) is 77.1 Å². The van der Waals surface area contributed by atoms with Crippen molar-refractivity contribution >= 4 is 0 Å². The van der Waals surface area contributed by atoms with Crippen molar-refractivity contribution < 1.29 is 9.84 Å². The topological polar surface area (TPSA) is 32.8 Å². The molecule has 2 nitrogen and oxygen atoms in total. The van der Waals surface area contributed by atoms with Crippen LogP contribution in [0.3, 0.4) is 0 Å². The first-order valence-corrected chi connectivity index (χ1v) is 7.29. The Morgan fingerprint density at radius 1 is 1.06 bits per heavy atom. The molecule has 0 aromatic rings. The van der Waals surface area contributed by atoms with Gasteiger partial charge in [-0.2, -0.15) is 0 Å². The molecule has 98 valence electrons. The Kier molecular flexibility index (Phi) is 2.61. The normalized spacial score (nSPS) is 52.9. The van der Waals surface area contributed by atoms with E-state index in [2.05, 4.69) is 20.8 Å². The van der Waals surface area contributed by atoms with Crippen LogP contribution in [0, 0.1) is 17.3 Å². The SMILES string of the molecule is CC1(C)CC(C2CCC3OC32C)CCCC1O. The van der Waals surface area contributed by atoms with Crippen LogP contribution in [0.25, 0.3) is 0 Å². The van der Waals surface area contributed by atoms with Crippen LogP contribution in [0.15, 0.2) is 0 Å². The minimum absolute atomic E-state index is 0.0878. The van der Waals surface area contributed by atoms with E-state index in [4.69, 9.17) is 4.74 Å². The lowest BCUT2D eigenvalue weighted by Crippen LogP contribution is -2.33. The smallest absolute Gasteiger partial charge is 0.0951 e. The molecule has 1 heterocycles. The molecule has 0 amide bonds. The molecule has 0 radical (unpaired) electrons. The molecule has 2 heteroatoms. The van der Waals surface area contributed by atoms with Crippen LogP contribution >= 0.6 is 0 Å². The molecule has 5 atom stereocenters. The average molecular weight is 238 g/mol. The van der Waals surface area contributed by atoms with Crippen LogP contribution in [-0.4, -0.2) is 22.9 Å². The zero-order valence-electron chi connectivity index (χ0n) is 11.4. The van der Waals surface area contributed by atoms with E-state index in [1.807, 2.05) is 0 Å². The minimum Gasteiger partial charge on any atom is -0.393 e. The highest BCUT2D eigenvalue weighted by atomic mass is 16.6. The number of aliphatic hydroxyl groups excluding tert-OH is 1. The van der Waals surface area contributed by atoms with Crippen LogP contribution in [0.4, 0.5) is 0 Å². The summed E-state index contributed by atoms with van der Waals surface area (Å²) in [5.41, 5.74) is 0.292. The second kappa shape index (κ2) is 3.71. The minimum atomic E-state index is -0.113. The molecule has 2 aliphatic carbocycles. The Morgan fingerprint density at radius 3 is 2.41 bits per heavy atom. The van der Waals surface area contributed by atoms with Crippen molar-refractivity contribution in [3.63, 3.8) is 0 Å². The van der Waals surface area contributed by atoms with Crippen LogP contribution < -0.4 is 0 Å². The molecular formula is C15H26O2. The largest absolute Gasteiger partial charge is 0.393 e. The van der Waals surface area contributed by atoms with Gasteiger partial charge in [-0.25, -0.2) is 0 Å². The van der Waals surface area contributed by atoms with Gasteiger partial charge in [0.2, 0.25) is 0 Å². The van der Waals surface area contributed by atoms with E-state index in [0.717, 1.165) is 18.3 Å². The quantitative estimate of drug-likeness (QED) is 0.562. The van der Waals surface area contributed by atoms with E-state index in [9.17, 15) is 5.11 Å². The van der Waals surface area contributed by atoms with Crippen LogP contribution in [0.2, 0.25) is 0 Å². The van der Waals surface area contributed by atoms with Gasteiger partial charge in [-0.3, -0.25) is 0 Å². The van der Waals surface area contributed by atoms with E-state index in [-0.39, 0.29) is 17.1 Å². The molecule has 3 rings (SSSR count). The fourth-order valence-corrected chi connectivity index (χ4v) is 4.49. The van der Waals surface area contributed by atoms with Crippen molar-refractivity contribution in [1.29, 1.82) is 0 Å². The third-order valence-corrected chi connectivity index (χ3v) is 5.77. The Balaban J connectivity index is 1.75. The van der Waals surface area contributed by atoms with Gasteiger partial charge in [0, 0.05) is 0 Å². The molecule has 2 saturated carbocycles. The summed E-state index contributed by atoms with van der Waals surface area (Å²) in [6.45, 7) is 6.78. The highest BCUT2D eigenvalue weighted by Crippen LogP contribution is 2.58. The summed E-state index contributed by atoms with van der Waals surface area (Å²) in [5.74, 6) is 1.51. The molecule has 1 saturated heterocycles. The number of hydrogen-bond acceptors (Lipinski definition) is 2. The molecule has 1 aliphatic heterocycles. The summed E-state index contributed by atoms with van der Waals surface area (Å²) < 4.78 is 5.88. The number of ether oxygens (including phenoxy) is 1. The Bertz CT molecular complexity index is 310. The van der Waals surface area contributed by atoms with Gasteiger partial charge < -0.3 is 9.84 Å². The van der Waals surface area contributed by atoms with Crippen LogP contribution in [0.5, 0.6) is 0 Å². The number of fused-ring (bicyclic) bond motifs is 1. The van der Waals surface area contributed by atoms with Gasteiger partial charge in [0.05, 0.1) is 17.8 Å². The second-order valence-electron chi connectivity index (χ2n) is 7.37. The molecule has 0 spiro atoms. The zero-order chi connectivity index (χ0) is 12.3. The summed E-state index contributed by atoms with van der Waals surface area (Å²) in [4.78, 5) is 0. The number of aliphatic hydroxyl groups is 1. The molecule has 3 aliphatic rings. The summed E-state index contributed by atoms with van der Waals surface area (Å²) in [5, 5.41) is 10.2. The lowest BCUT2D eigenvalue weighted by Gasteiger charge is -2.34.